The van der Waals surface area contributed by atoms with Crippen LogP contribution in [0.1, 0.15) is 18.9 Å². The molecule has 4 heteroatoms. The van der Waals surface area contributed by atoms with E-state index in [0.29, 0.717) is 6.42 Å². The van der Waals surface area contributed by atoms with Gasteiger partial charge < -0.3 is 10.6 Å². The lowest BCUT2D eigenvalue weighted by atomic mass is 10.2. The van der Waals surface area contributed by atoms with E-state index in [2.05, 4.69) is 23.6 Å². The molecule has 0 radical (unpaired) electrons. The molecule has 0 aliphatic heterocycles. The van der Waals surface area contributed by atoms with Gasteiger partial charge >= 0.3 is 0 Å². The standard InChI is InChI=1S/C13H20N2OS/c1-3-14-10-11-5-4-6-12(9-11)15-13(16)7-8-17-2/h4-6,9,14H,3,7-8,10H2,1-2H3,(H,15,16). The molecule has 0 unspecified atom stereocenters. The lowest BCUT2D eigenvalue weighted by Gasteiger charge is -2.07. The Morgan fingerprint density at radius 2 is 2.24 bits per heavy atom. The van der Waals surface area contributed by atoms with Crippen LogP contribution in [-0.2, 0) is 11.3 Å². The van der Waals surface area contributed by atoms with Crippen LogP contribution in [-0.4, -0.2) is 24.5 Å². The van der Waals surface area contributed by atoms with Crippen molar-refractivity contribution >= 4 is 23.4 Å². The number of carbonyl (C=O) groups excluding carboxylic acids is 1. The van der Waals surface area contributed by atoms with Crippen LogP contribution >= 0.6 is 11.8 Å². The van der Waals surface area contributed by atoms with Gasteiger partial charge in [-0.05, 0) is 30.5 Å². The van der Waals surface area contributed by atoms with Crippen LogP contribution in [0, 0.1) is 0 Å². The maximum Gasteiger partial charge on any atom is 0.225 e. The molecule has 1 amide bonds. The number of thioether (sulfide) groups is 1. The largest absolute Gasteiger partial charge is 0.326 e. The third-order valence-corrected chi connectivity index (χ3v) is 2.94. The summed E-state index contributed by atoms with van der Waals surface area (Å²) < 4.78 is 0. The molecule has 1 rings (SSSR count). The van der Waals surface area contributed by atoms with E-state index in [9.17, 15) is 4.79 Å². The van der Waals surface area contributed by atoms with Gasteiger partial charge in [0.1, 0.15) is 0 Å². The monoisotopic (exact) mass is 252 g/mol. The molecule has 1 aromatic carbocycles. The second-order valence-electron chi connectivity index (χ2n) is 3.77. The summed E-state index contributed by atoms with van der Waals surface area (Å²) in [6.07, 6.45) is 2.57. The fourth-order valence-corrected chi connectivity index (χ4v) is 1.84. The van der Waals surface area contributed by atoms with Crippen LogP contribution in [0.25, 0.3) is 0 Å². The normalized spacial score (nSPS) is 10.2. The summed E-state index contributed by atoms with van der Waals surface area (Å²) in [6, 6.07) is 7.96. The minimum Gasteiger partial charge on any atom is -0.326 e. The fraction of sp³-hybridized carbons (Fsp3) is 0.462. The number of hydrogen-bond acceptors (Lipinski definition) is 3. The molecule has 1 aromatic rings. The number of rotatable bonds is 7. The minimum atomic E-state index is 0.0833. The van der Waals surface area contributed by atoms with Crippen molar-refractivity contribution in [2.75, 3.05) is 23.9 Å². The predicted octanol–water partition coefficient (Wildman–Crippen LogP) is 2.49. The summed E-state index contributed by atoms with van der Waals surface area (Å²) >= 11 is 1.68. The van der Waals surface area contributed by atoms with Gasteiger partial charge in [-0.2, -0.15) is 11.8 Å². The van der Waals surface area contributed by atoms with E-state index >= 15 is 0 Å². The molecule has 0 saturated carbocycles. The van der Waals surface area contributed by atoms with Crippen molar-refractivity contribution in [3.8, 4) is 0 Å². The zero-order chi connectivity index (χ0) is 12.5. The van der Waals surface area contributed by atoms with Gasteiger partial charge in [0.2, 0.25) is 5.91 Å². The van der Waals surface area contributed by atoms with Crippen molar-refractivity contribution in [2.24, 2.45) is 0 Å². The number of hydrogen-bond donors (Lipinski definition) is 2. The zero-order valence-corrected chi connectivity index (χ0v) is 11.3. The first-order chi connectivity index (χ1) is 8.26. The molecule has 0 aliphatic rings. The highest BCUT2D eigenvalue weighted by atomic mass is 32.2. The average Bonchev–Trinajstić information content (AvgIpc) is 2.34. The Hall–Kier alpha value is -1.00. The molecule has 0 fully saturated rings. The van der Waals surface area contributed by atoms with Crippen molar-refractivity contribution in [2.45, 2.75) is 19.9 Å². The molecule has 0 atom stereocenters. The molecule has 3 nitrogen and oxygen atoms in total. The Morgan fingerprint density at radius 3 is 2.94 bits per heavy atom. The lowest BCUT2D eigenvalue weighted by molar-refractivity contribution is -0.115. The van der Waals surface area contributed by atoms with Gasteiger partial charge in [-0.15, -0.1) is 0 Å². The van der Waals surface area contributed by atoms with Crippen LogP contribution in [0.5, 0.6) is 0 Å². The van der Waals surface area contributed by atoms with Gasteiger partial charge in [-0.25, -0.2) is 0 Å². The summed E-state index contributed by atoms with van der Waals surface area (Å²) in [5, 5.41) is 6.18. The van der Waals surface area contributed by atoms with Crippen LogP contribution in [0.2, 0.25) is 0 Å². The number of nitrogens with one attached hydrogen (secondary N) is 2. The van der Waals surface area contributed by atoms with Crippen LogP contribution < -0.4 is 10.6 Å². The number of benzene rings is 1. The molecule has 0 heterocycles. The molecule has 0 saturated heterocycles. The first kappa shape index (κ1) is 14.1. The summed E-state index contributed by atoms with van der Waals surface area (Å²) in [7, 11) is 0. The summed E-state index contributed by atoms with van der Waals surface area (Å²) in [4.78, 5) is 11.6. The highest BCUT2D eigenvalue weighted by Crippen LogP contribution is 2.11. The van der Waals surface area contributed by atoms with Gasteiger partial charge in [0, 0.05) is 24.4 Å². The first-order valence-electron chi connectivity index (χ1n) is 5.84. The van der Waals surface area contributed by atoms with E-state index in [4.69, 9.17) is 0 Å². The Kier molecular flexibility index (Phi) is 6.74. The maximum atomic E-state index is 11.6. The summed E-state index contributed by atoms with van der Waals surface area (Å²) in [5.41, 5.74) is 2.07. The van der Waals surface area contributed by atoms with E-state index in [0.717, 1.165) is 24.5 Å². The predicted molar refractivity (Wildman–Crippen MR) is 75.5 cm³/mol. The van der Waals surface area contributed by atoms with Crippen LogP contribution in [0.4, 0.5) is 5.69 Å². The Labute approximate surface area is 107 Å². The minimum absolute atomic E-state index is 0.0833. The zero-order valence-electron chi connectivity index (χ0n) is 10.5. The van der Waals surface area contributed by atoms with E-state index < -0.39 is 0 Å². The van der Waals surface area contributed by atoms with Crippen molar-refractivity contribution in [3.05, 3.63) is 29.8 Å². The molecule has 0 bridgehead atoms. The summed E-state index contributed by atoms with van der Waals surface area (Å²) in [5.74, 6) is 0.947. The highest BCUT2D eigenvalue weighted by molar-refractivity contribution is 7.98. The first-order valence-corrected chi connectivity index (χ1v) is 7.24. The van der Waals surface area contributed by atoms with Gasteiger partial charge in [-0.1, -0.05) is 19.1 Å². The quantitative estimate of drug-likeness (QED) is 0.783. The van der Waals surface area contributed by atoms with Crippen LogP contribution in [0.15, 0.2) is 24.3 Å². The molecule has 0 spiro atoms. The molecular weight excluding hydrogens is 232 g/mol. The van der Waals surface area contributed by atoms with Crippen LogP contribution in [0.3, 0.4) is 0 Å². The molecule has 17 heavy (non-hydrogen) atoms. The van der Waals surface area contributed by atoms with Gasteiger partial charge in [0.05, 0.1) is 0 Å². The van der Waals surface area contributed by atoms with E-state index in [1.54, 1.807) is 11.8 Å². The Morgan fingerprint density at radius 1 is 1.41 bits per heavy atom. The lowest BCUT2D eigenvalue weighted by Crippen LogP contribution is -2.14. The van der Waals surface area contributed by atoms with Gasteiger partial charge in [-0.3, -0.25) is 4.79 Å². The third kappa shape index (κ3) is 5.75. The second kappa shape index (κ2) is 8.14. The Bertz CT molecular complexity index is 355. The summed E-state index contributed by atoms with van der Waals surface area (Å²) in [6.45, 7) is 3.86. The molecular formula is C13H20N2OS. The van der Waals surface area contributed by atoms with Gasteiger partial charge in [0.15, 0.2) is 0 Å². The third-order valence-electron chi connectivity index (χ3n) is 2.32. The molecule has 0 aliphatic carbocycles. The van der Waals surface area contributed by atoms with E-state index in [1.807, 2.05) is 24.5 Å². The molecule has 94 valence electrons. The van der Waals surface area contributed by atoms with E-state index in [-0.39, 0.29) is 5.91 Å². The van der Waals surface area contributed by atoms with Crippen molar-refractivity contribution < 1.29 is 4.79 Å². The smallest absolute Gasteiger partial charge is 0.225 e. The van der Waals surface area contributed by atoms with Crippen molar-refractivity contribution in [1.82, 2.24) is 5.32 Å². The molecule has 2 N–H and O–H groups in total. The van der Waals surface area contributed by atoms with Crippen molar-refractivity contribution in [3.63, 3.8) is 0 Å². The average molecular weight is 252 g/mol. The number of amides is 1. The topological polar surface area (TPSA) is 41.1 Å². The highest BCUT2D eigenvalue weighted by Gasteiger charge is 2.02. The molecule has 0 aromatic heterocycles. The van der Waals surface area contributed by atoms with Gasteiger partial charge in [0.25, 0.3) is 0 Å². The Balaban J connectivity index is 2.50. The maximum absolute atomic E-state index is 11.6. The van der Waals surface area contributed by atoms with E-state index in [1.165, 1.54) is 5.56 Å². The SMILES string of the molecule is CCNCc1cccc(NC(=O)CCSC)c1. The fourth-order valence-electron chi connectivity index (χ4n) is 1.45. The number of carbonyl (C=O) groups is 1. The second-order valence-corrected chi connectivity index (χ2v) is 4.76. The van der Waals surface area contributed by atoms with Crippen molar-refractivity contribution in [1.29, 1.82) is 0 Å². The number of anilines is 1.